The molecule has 1 nitrogen and oxygen atoms in total. The number of rotatable bonds is 2. The third-order valence-electron chi connectivity index (χ3n) is 3.05. The van der Waals surface area contributed by atoms with Crippen molar-refractivity contribution in [2.75, 3.05) is 13.1 Å². The van der Waals surface area contributed by atoms with Gasteiger partial charge in [0.25, 0.3) is 0 Å². The SMILES string of the molecule is FC(F)(F)C1CCN(Cc2cc(Br)cs2)CC1. The average molecular weight is 328 g/mol. The summed E-state index contributed by atoms with van der Waals surface area (Å²) >= 11 is 5.01. The molecule has 0 atom stereocenters. The Balaban J connectivity index is 1.83. The first kappa shape index (κ1) is 13.4. The van der Waals surface area contributed by atoms with Crippen molar-refractivity contribution in [2.24, 2.45) is 5.92 Å². The van der Waals surface area contributed by atoms with E-state index in [9.17, 15) is 13.2 Å². The molecule has 0 spiro atoms. The normalized spacial score (nSPS) is 19.8. The van der Waals surface area contributed by atoms with Crippen LogP contribution in [0.25, 0.3) is 0 Å². The fourth-order valence-electron chi connectivity index (χ4n) is 2.08. The third kappa shape index (κ3) is 3.69. The molecule has 1 aliphatic rings. The van der Waals surface area contributed by atoms with Gasteiger partial charge in [0, 0.05) is 21.3 Å². The minimum Gasteiger partial charge on any atom is -0.298 e. The number of piperidine rings is 1. The minimum absolute atomic E-state index is 0.232. The summed E-state index contributed by atoms with van der Waals surface area (Å²) in [7, 11) is 0. The Hall–Kier alpha value is -0.0700. The van der Waals surface area contributed by atoms with Crippen LogP contribution in [0.1, 0.15) is 17.7 Å². The summed E-state index contributed by atoms with van der Waals surface area (Å²) in [6.07, 6.45) is -3.55. The molecule has 1 aromatic heterocycles. The molecular weight excluding hydrogens is 315 g/mol. The summed E-state index contributed by atoms with van der Waals surface area (Å²) in [6, 6.07) is 2.03. The van der Waals surface area contributed by atoms with E-state index < -0.39 is 12.1 Å². The molecule has 17 heavy (non-hydrogen) atoms. The highest BCUT2D eigenvalue weighted by Crippen LogP contribution is 2.34. The molecule has 1 aliphatic heterocycles. The van der Waals surface area contributed by atoms with Crippen LogP contribution < -0.4 is 0 Å². The van der Waals surface area contributed by atoms with Gasteiger partial charge in [-0.15, -0.1) is 11.3 Å². The summed E-state index contributed by atoms with van der Waals surface area (Å²) < 4.78 is 38.5. The summed E-state index contributed by atoms with van der Waals surface area (Å²) in [5, 5.41) is 2.00. The zero-order valence-corrected chi connectivity index (χ0v) is 11.5. The smallest absolute Gasteiger partial charge is 0.298 e. The Kier molecular flexibility index (Phi) is 4.15. The Labute approximate surface area is 111 Å². The minimum atomic E-state index is -4.02. The predicted molar refractivity (Wildman–Crippen MR) is 66.1 cm³/mol. The number of hydrogen-bond donors (Lipinski definition) is 0. The van der Waals surface area contributed by atoms with Gasteiger partial charge in [-0.2, -0.15) is 13.2 Å². The molecule has 0 amide bonds. The number of nitrogens with zero attached hydrogens (tertiary/aromatic N) is 1. The van der Waals surface area contributed by atoms with E-state index in [1.165, 1.54) is 4.88 Å². The number of thiophene rings is 1. The number of hydrogen-bond acceptors (Lipinski definition) is 2. The quantitative estimate of drug-likeness (QED) is 0.783. The third-order valence-corrected chi connectivity index (χ3v) is 4.73. The van der Waals surface area contributed by atoms with E-state index in [1.54, 1.807) is 11.3 Å². The largest absolute Gasteiger partial charge is 0.391 e. The van der Waals surface area contributed by atoms with Crippen LogP contribution in [0.2, 0.25) is 0 Å². The van der Waals surface area contributed by atoms with Crippen molar-refractivity contribution in [1.82, 2.24) is 4.90 Å². The van der Waals surface area contributed by atoms with E-state index in [2.05, 4.69) is 20.8 Å². The highest BCUT2D eigenvalue weighted by Gasteiger charge is 2.40. The summed E-state index contributed by atoms with van der Waals surface area (Å²) in [4.78, 5) is 3.29. The molecule has 6 heteroatoms. The molecule has 0 radical (unpaired) electrons. The van der Waals surface area contributed by atoms with Crippen LogP contribution in [0.3, 0.4) is 0 Å². The van der Waals surface area contributed by atoms with Crippen LogP contribution in [0.5, 0.6) is 0 Å². The molecular formula is C11H13BrF3NS. The lowest BCUT2D eigenvalue weighted by molar-refractivity contribution is -0.185. The van der Waals surface area contributed by atoms with Gasteiger partial charge in [-0.3, -0.25) is 4.90 Å². The Morgan fingerprint density at radius 2 is 2.00 bits per heavy atom. The van der Waals surface area contributed by atoms with Crippen molar-refractivity contribution in [1.29, 1.82) is 0 Å². The Morgan fingerprint density at radius 3 is 2.47 bits per heavy atom. The van der Waals surface area contributed by atoms with Crippen LogP contribution in [0.15, 0.2) is 15.9 Å². The van der Waals surface area contributed by atoms with Gasteiger partial charge in [-0.05, 0) is 47.9 Å². The van der Waals surface area contributed by atoms with Crippen LogP contribution >= 0.6 is 27.3 Å². The summed E-state index contributed by atoms with van der Waals surface area (Å²) in [5.41, 5.74) is 0. The maximum Gasteiger partial charge on any atom is 0.391 e. The standard InChI is InChI=1S/C11H13BrF3NS/c12-9-5-10(17-7-9)6-16-3-1-8(2-4-16)11(13,14)15/h5,7-8H,1-4,6H2. The first-order valence-electron chi connectivity index (χ1n) is 5.47. The first-order valence-corrected chi connectivity index (χ1v) is 7.14. The molecule has 0 unspecified atom stereocenters. The van der Waals surface area contributed by atoms with Gasteiger partial charge in [0.2, 0.25) is 0 Å². The van der Waals surface area contributed by atoms with Gasteiger partial charge >= 0.3 is 6.18 Å². The van der Waals surface area contributed by atoms with Crippen molar-refractivity contribution >= 4 is 27.3 Å². The number of halogens is 4. The number of likely N-dealkylation sites (tertiary alicyclic amines) is 1. The van der Waals surface area contributed by atoms with Crippen LogP contribution in [0.4, 0.5) is 13.2 Å². The van der Waals surface area contributed by atoms with E-state index in [4.69, 9.17) is 0 Å². The monoisotopic (exact) mass is 327 g/mol. The maximum absolute atomic E-state index is 12.5. The second-order valence-electron chi connectivity index (χ2n) is 4.32. The molecule has 0 aliphatic carbocycles. The molecule has 0 bridgehead atoms. The van der Waals surface area contributed by atoms with Crippen LogP contribution in [0, 0.1) is 5.92 Å². The first-order chi connectivity index (χ1) is 7.95. The zero-order valence-electron chi connectivity index (χ0n) is 9.13. The van der Waals surface area contributed by atoms with Gasteiger partial charge in [0.05, 0.1) is 5.92 Å². The molecule has 0 aromatic carbocycles. The lowest BCUT2D eigenvalue weighted by Crippen LogP contribution is -2.38. The summed E-state index contributed by atoms with van der Waals surface area (Å²) in [6.45, 7) is 1.85. The topological polar surface area (TPSA) is 3.24 Å². The second kappa shape index (κ2) is 5.28. The molecule has 0 N–H and O–H groups in total. The predicted octanol–water partition coefficient (Wildman–Crippen LogP) is 4.28. The van der Waals surface area contributed by atoms with Crippen LogP contribution in [-0.2, 0) is 6.54 Å². The van der Waals surface area contributed by atoms with Gasteiger partial charge < -0.3 is 0 Å². The lowest BCUT2D eigenvalue weighted by Gasteiger charge is -2.32. The summed E-state index contributed by atoms with van der Waals surface area (Å²) in [5.74, 6) is -1.10. The van der Waals surface area contributed by atoms with Crippen molar-refractivity contribution in [3.05, 3.63) is 20.8 Å². The average Bonchev–Trinajstić information content (AvgIpc) is 2.63. The number of alkyl halides is 3. The Bertz CT molecular complexity index is 369. The molecule has 1 aromatic rings. The maximum atomic E-state index is 12.5. The van der Waals surface area contributed by atoms with Crippen molar-refractivity contribution in [2.45, 2.75) is 25.6 Å². The van der Waals surface area contributed by atoms with E-state index in [-0.39, 0.29) is 12.8 Å². The highest BCUT2D eigenvalue weighted by atomic mass is 79.9. The van der Waals surface area contributed by atoms with Crippen molar-refractivity contribution in [3.63, 3.8) is 0 Å². The molecule has 96 valence electrons. The molecule has 2 rings (SSSR count). The van der Waals surface area contributed by atoms with E-state index >= 15 is 0 Å². The second-order valence-corrected chi connectivity index (χ2v) is 6.23. The van der Waals surface area contributed by atoms with Crippen molar-refractivity contribution < 1.29 is 13.2 Å². The van der Waals surface area contributed by atoms with Gasteiger partial charge in [0.1, 0.15) is 0 Å². The van der Waals surface area contributed by atoms with E-state index in [0.717, 1.165) is 11.0 Å². The molecule has 2 heterocycles. The van der Waals surface area contributed by atoms with Gasteiger partial charge in [-0.1, -0.05) is 0 Å². The fraction of sp³-hybridized carbons (Fsp3) is 0.636. The molecule has 1 fully saturated rings. The van der Waals surface area contributed by atoms with E-state index in [1.807, 2.05) is 11.4 Å². The van der Waals surface area contributed by atoms with Gasteiger partial charge in [0.15, 0.2) is 0 Å². The van der Waals surface area contributed by atoms with Crippen LogP contribution in [-0.4, -0.2) is 24.2 Å². The molecule has 0 saturated carbocycles. The lowest BCUT2D eigenvalue weighted by atomic mass is 9.96. The molecule has 1 saturated heterocycles. The zero-order chi connectivity index (χ0) is 12.5. The highest BCUT2D eigenvalue weighted by molar-refractivity contribution is 9.10. The van der Waals surface area contributed by atoms with Gasteiger partial charge in [-0.25, -0.2) is 0 Å². The van der Waals surface area contributed by atoms with E-state index in [0.29, 0.717) is 13.1 Å². The van der Waals surface area contributed by atoms with Crippen molar-refractivity contribution in [3.8, 4) is 0 Å². The Morgan fingerprint density at radius 1 is 1.35 bits per heavy atom. The fourth-order valence-corrected chi connectivity index (χ4v) is 3.57.